The molecular formula is C16H17FN4O. The Morgan fingerprint density at radius 2 is 1.91 bits per heavy atom. The predicted molar refractivity (Wildman–Crippen MR) is 81.4 cm³/mol. The molecule has 5 nitrogen and oxygen atoms in total. The maximum Gasteiger partial charge on any atom is 0.266 e. The largest absolute Gasteiger partial charge is 0.361 e. The highest BCUT2D eigenvalue weighted by Gasteiger charge is 2.38. The lowest BCUT2D eigenvalue weighted by Crippen LogP contribution is -2.42. The summed E-state index contributed by atoms with van der Waals surface area (Å²) in [6.07, 6.45) is 4.51. The molecule has 0 radical (unpaired) electrons. The average Bonchev–Trinajstić information content (AvgIpc) is 2.52. The van der Waals surface area contributed by atoms with Crippen molar-refractivity contribution in [1.29, 1.82) is 0 Å². The van der Waals surface area contributed by atoms with Gasteiger partial charge in [-0.25, -0.2) is 15.2 Å². The van der Waals surface area contributed by atoms with E-state index in [1.165, 1.54) is 18.3 Å². The van der Waals surface area contributed by atoms with Gasteiger partial charge in [-0.2, -0.15) is 0 Å². The number of anilines is 1. The molecule has 114 valence electrons. The monoisotopic (exact) mass is 300 g/mol. The van der Waals surface area contributed by atoms with E-state index in [0.29, 0.717) is 11.4 Å². The number of carbonyl (C=O) groups is 1. The van der Waals surface area contributed by atoms with E-state index in [1.54, 1.807) is 24.3 Å². The number of hydrazine groups is 1. The lowest BCUT2D eigenvalue weighted by Gasteiger charge is -2.43. The van der Waals surface area contributed by atoms with Gasteiger partial charge in [-0.1, -0.05) is 12.1 Å². The maximum atomic E-state index is 13.1. The molecule has 1 aromatic heterocycles. The molecule has 1 aliphatic rings. The number of halogens is 1. The molecule has 1 aliphatic carbocycles. The first kappa shape index (κ1) is 14.5. The number of hydrogen-bond donors (Lipinski definition) is 3. The molecule has 6 heteroatoms. The van der Waals surface area contributed by atoms with Crippen LogP contribution in [0.2, 0.25) is 0 Å². The van der Waals surface area contributed by atoms with Crippen LogP contribution in [0.3, 0.4) is 0 Å². The number of amides is 1. The zero-order valence-electron chi connectivity index (χ0n) is 12.0. The van der Waals surface area contributed by atoms with Crippen molar-refractivity contribution in [2.75, 3.05) is 5.32 Å². The van der Waals surface area contributed by atoms with Crippen LogP contribution in [0.1, 0.15) is 35.2 Å². The normalized spacial score (nSPS) is 15.7. The highest BCUT2D eigenvalue weighted by atomic mass is 19.1. The van der Waals surface area contributed by atoms with E-state index in [2.05, 4.69) is 15.7 Å². The number of pyridine rings is 1. The number of nitrogens with two attached hydrogens (primary N) is 1. The number of rotatable bonds is 4. The molecule has 1 amide bonds. The van der Waals surface area contributed by atoms with Gasteiger partial charge >= 0.3 is 0 Å². The van der Waals surface area contributed by atoms with E-state index in [4.69, 9.17) is 5.84 Å². The van der Waals surface area contributed by atoms with Crippen LogP contribution < -0.4 is 16.6 Å². The van der Waals surface area contributed by atoms with Crippen LogP contribution in [0.5, 0.6) is 0 Å². The summed E-state index contributed by atoms with van der Waals surface area (Å²) in [4.78, 5) is 15.7. The summed E-state index contributed by atoms with van der Waals surface area (Å²) >= 11 is 0. The molecule has 1 aromatic carbocycles. The molecule has 1 heterocycles. The van der Waals surface area contributed by atoms with Crippen LogP contribution in [-0.2, 0) is 5.54 Å². The van der Waals surface area contributed by atoms with Gasteiger partial charge < -0.3 is 5.32 Å². The molecule has 0 spiro atoms. The van der Waals surface area contributed by atoms with Crippen molar-refractivity contribution in [3.05, 3.63) is 59.5 Å². The molecule has 22 heavy (non-hydrogen) atoms. The fourth-order valence-electron chi connectivity index (χ4n) is 2.72. The van der Waals surface area contributed by atoms with E-state index in [0.717, 1.165) is 24.8 Å². The van der Waals surface area contributed by atoms with E-state index in [9.17, 15) is 9.18 Å². The lowest BCUT2D eigenvalue weighted by molar-refractivity contribution is 0.0953. The zero-order valence-corrected chi connectivity index (χ0v) is 12.0. The first-order valence-electron chi connectivity index (χ1n) is 7.14. The Bertz CT molecular complexity index is 666. The second-order valence-corrected chi connectivity index (χ2v) is 5.47. The van der Waals surface area contributed by atoms with Gasteiger partial charge in [0.05, 0.1) is 11.1 Å². The number of benzene rings is 1. The molecule has 3 rings (SSSR count). The summed E-state index contributed by atoms with van der Waals surface area (Å²) < 4.78 is 13.1. The first-order valence-corrected chi connectivity index (χ1v) is 7.14. The molecular weight excluding hydrogens is 283 g/mol. The Morgan fingerprint density at radius 3 is 2.41 bits per heavy atom. The van der Waals surface area contributed by atoms with Gasteiger partial charge in [0.2, 0.25) is 0 Å². The molecule has 0 bridgehead atoms. The summed E-state index contributed by atoms with van der Waals surface area (Å²) in [6.45, 7) is 0. The number of carbonyl (C=O) groups excluding carboxylic acids is 1. The Morgan fingerprint density at radius 1 is 1.18 bits per heavy atom. The molecule has 0 aliphatic heterocycles. The minimum atomic E-state index is -0.379. The van der Waals surface area contributed by atoms with Gasteiger partial charge in [0.1, 0.15) is 11.6 Å². The molecule has 0 unspecified atom stereocenters. The Labute approximate surface area is 127 Å². The smallest absolute Gasteiger partial charge is 0.266 e. The lowest BCUT2D eigenvalue weighted by atomic mass is 9.72. The van der Waals surface area contributed by atoms with Gasteiger partial charge in [0, 0.05) is 6.20 Å². The van der Waals surface area contributed by atoms with Gasteiger partial charge in [0.15, 0.2) is 0 Å². The molecule has 1 fully saturated rings. The molecule has 2 aromatic rings. The second kappa shape index (κ2) is 5.73. The number of hydrogen-bond acceptors (Lipinski definition) is 4. The Balaban J connectivity index is 1.81. The second-order valence-electron chi connectivity index (χ2n) is 5.47. The maximum absolute atomic E-state index is 13.1. The Hall–Kier alpha value is -2.47. The minimum Gasteiger partial charge on any atom is -0.361 e. The number of nitrogens with one attached hydrogen (secondary N) is 2. The minimum absolute atomic E-state index is 0.210. The van der Waals surface area contributed by atoms with Crippen molar-refractivity contribution < 1.29 is 9.18 Å². The van der Waals surface area contributed by atoms with Crippen LogP contribution in [-0.4, -0.2) is 10.9 Å². The fraction of sp³-hybridized carbons (Fsp3) is 0.250. The summed E-state index contributed by atoms with van der Waals surface area (Å²) in [5.74, 6) is 5.15. The number of nitrogens with zero attached hydrogens (tertiary/aromatic N) is 1. The van der Waals surface area contributed by atoms with Crippen molar-refractivity contribution in [3.8, 4) is 0 Å². The van der Waals surface area contributed by atoms with Crippen LogP contribution in [0.25, 0.3) is 0 Å². The molecule has 4 N–H and O–H groups in total. The topological polar surface area (TPSA) is 80.0 Å². The third-order valence-corrected chi connectivity index (χ3v) is 4.13. The van der Waals surface area contributed by atoms with Gasteiger partial charge in [-0.3, -0.25) is 10.2 Å². The molecule has 0 saturated heterocycles. The zero-order chi connectivity index (χ0) is 15.6. The van der Waals surface area contributed by atoms with Crippen molar-refractivity contribution in [2.45, 2.75) is 24.8 Å². The van der Waals surface area contributed by atoms with Crippen molar-refractivity contribution in [1.82, 2.24) is 10.4 Å². The highest BCUT2D eigenvalue weighted by Crippen LogP contribution is 2.43. The van der Waals surface area contributed by atoms with Gasteiger partial charge in [-0.15, -0.1) is 0 Å². The summed E-state index contributed by atoms with van der Waals surface area (Å²) in [7, 11) is 0. The third kappa shape index (κ3) is 2.65. The summed E-state index contributed by atoms with van der Waals surface area (Å²) in [6, 6.07) is 9.95. The van der Waals surface area contributed by atoms with Crippen molar-refractivity contribution >= 4 is 11.7 Å². The van der Waals surface area contributed by atoms with E-state index < -0.39 is 0 Å². The van der Waals surface area contributed by atoms with Crippen molar-refractivity contribution in [2.24, 2.45) is 5.84 Å². The molecule has 1 saturated carbocycles. The standard InChI is InChI=1S/C16H17FN4O/c17-13-5-3-12(4-6-13)16(8-1-9-16)20-14-7-2-11(10-19-14)15(22)21-18/h2-7,10H,1,8-9,18H2,(H,19,20)(H,21,22). The van der Waals surface area contributed by atoms with E-state index in [1.807, 2.05) is 0 Å². The quantitative estimate of drug-likeness (QED) is 0.460. The fourth-order valence-corrected chi connectivity index (χ4v) is 2.72. The third-order valence-electron chi connectivity index (χ3n) is 4.13. The van der Waals surface area contributed by atoms with E-state index >= 15 is 0 Å². The van der Waals surface area contributed by atoms with Crippen molar-refractivity contribution in [3.63, 3.8) is 0 Å². The van der Waals surface area contributed by atoms with Crippen LogP contribution >= 0.6 is 0 Å². The van der Waals surface area contributed by atoms with Gasteiger partial charge in [-0.05, 0) is 49.1 Å². The van der Waals surface area contributed by atoms with Crippen LogP contribution in [0.15, 0.2) is 42.6 Å². The number of aromatic nitrogens is 1. The Kier molecular flexibility index (Phi) is 3.77. The average molecular weight is 300 g/mol. The predicted octanol–water partition coefficient (Wildman–Crippen LogP) is 2.32. The first-order chi connectivity index (χ1) is 10.6. The number of nitrogen functional groups attached to an aromatic ring is 1. The van der Waals surface area contributed by atoms with Crippen LogP contribution in [0.4, 0.5) is 10.2 Å². The van der Waals surface area contributed by atoms with Gasteiger partial charge in [0.25, 0.3) is 5.91 Å². The highest BCUT2D eigenvalue weighted by molar-refractivity contribution is 5.93. The molecule has 0 atom stereocenters. The van der Waals surface area contributed by atoms with Crippen LogP contribution in [0, 0.1) is 5.82 Å². The van der Waals surface area contributed by atoms with E-state index in [-0.39, 0.29) is 17.3 Å². The SMILES string of the molecule is NNC(=O)c1ccc(NC2(c3ccc(F)cc3)CCC2)nc1. The summed E-state index contributed by atoms with van der Waals surface area (Å²) in [5, 5.41) is 3.42. The summed E-state index contributed by atoms with van der Waals surface area (Å²) in [5.41, 5.74) is 3.31.